The van der Waals surface area contributed by atoms with E-state index in [1.54, 1.807) is 18.2 Å². The first-order valence-electron chi connectivity index (χ1n) is 7.98. The maximum absolute atomic E-state index is 12.6. The normalized spacial score (nSPS) is 12.2. The number of hydrogen-bond acceptors (Lipinski definition) is 5. The SMILES string of the molecule is COC(=O)C[C@H](NC(=O)c1cccc(CS(C)(=O)=O)c1)c1ccccc1. The van der Waals surface area contributed by atoms with Crippen molar-refractivity contribution in [2.75, 3.05) is 13.4 Å². The number of esters is 1. The Morgan fingerprint density at radius 1 is 1.08 bits per heavy atom. The second kappa shape index (κ2) is 8.62. The van der Waals surface area contributed by atoms with Gasteiger partial charge in [-0.15, -0.1) is 0 Å². The van der Waals surface area contributed by atoms with Crippen molar-refractivity contribution < 1.29 is 22.7 Å². The van der Waals surface area contributed by atoms with Crippen LogP contribution in [0.25, 0.3) is 0 Å². The zero-order valence-electron chi connectivity index (χ0n) is 14.6. The molecule has 6 nitrogen and oxygen atoms in total. The standard InChI is InChI=1S/C19H21NO5S/c1-25-18(21)12-17(15-8-4-3-5-9-15)20-19(22)16-10-6-7-14(11-16)13-26(2,23)24/h3-11,17H,12-13H2,1-2H3,(H,20,22)/t17-/m0/s1. The first-order valence-corrected chi connectivity index (χ1v) is 10.0. The molecule has 0 aromatic heterocycles. The van der Waals surface area contributed by atoms with Crippen LogP contribution in [0.4, 0.5) is 0 Å². The molecule has 7 heteroatoms. The predicted molar refractivity (Wildman–Crippen MR) is 98.3 cm³/mol. The molecule has 0 aliphatic rings. The van der Waals surface area contributed by atoms with Gasteiger partial charge in [0.05, 0.1) is 25.3 Å². The van der Waals surface area contributed by atoms with Gasteiger partial charge in [-0.2, -0.15) is 0 Å². The monoisotopic (exact) mass is 375 g/mol. The van der Waals surface area contributed by atoms with Crippen LogP contribution in [-0.4, -0.2) is 33.7 Å². The number of ether oxygens (including phenoxy) is 1. The molecule has 2 aromatic rings. The second-order valence-corrected chi connectivity index (χ2v) is 8.13. The van der Waals surface area contributed by atoms with Crippen LogP contribution < -0.4 is 5.32 Å². The van der Waals surface area contributed by atoms with Crippen molar-refractivity contribution in [3.63, 3.8) is 0 Å². The fraction of sp³-hybridized carbons (Fsp3) is 0.263. The van der Waals surface area contributed by atoms with Gasteiger partial charge in [-0.3, -0.25) is 9.59 Å². The van der Waals surface area contributed by atoms with E-state index >= 15 is 0 Å². The highest BCUT2D eigenvalue weighted by atomic mass is 32.2. The summed E-state index contributed by atoms with van der Waals surface area (Å²) in [5.74, 6) is -0.971. The molecular formula is C19H21NO5S. The van der Waals surface area contributed by atoms with Crippen molar-refractivity contribution >= 4 is 21.7 Å². The molecule has 0 heterocycles. The Kier molecular flexibility index (Phi) is 6.52. The molecule has 0 aliphatic heterocycles. The molecule has 1 N–H and O–H groups in total. The summed E-state index contributed by atoms with van der Waals surface area (Å²) in [6.07, 6.45) is 1.14. The van der Waals surface area contributed by atoms with Crippen LogP contribution in [0.1, 0.15) is 33.9 Å². The number of carbonyl (C=O) groups excluding carboxylic acids is 2. The summed E-state index contributed by atoms with van der Waals surface area (Å²) < 4.78 is 27.6. The molecule has 2 aromatic carbocycles. The molecule has 0 bridgehead atoms. The minimum absolute atomic E-state index is 0.00468. The van der Waals surface area contributed by atoms with Crippen LogP contribution in [0.2, 0.25) is 0 Å². The molecule has 0 aliphatic carbocycles. The maximum Gasteiger partial charge on any atom is 0.307 e. The molecule has 0 spiro atoms. The number of amides is 1. The molecular weight excluding hydrogens is 354 g/mol. The molecule has 0 radical (unpaired) electrons. The summed E-state index contributed by atoms with van der Waals surface area (Å²) >= 11 is 0. The third kappa shape index (κ3) is 6.00. The zero-order chi connectivity index (χ0) is 19.2. The van der Waals surface area contributed by atoms with Crippen molar-refractivity contribution in [2.24, 2.45) is 0 Å². The van der Waals surface area contributed by atoms with Gasteiger partial charge in [-0.1, -0.05) is 42.5 Å². The molecule has 0 unspecified atom stereocenters. The van der Waals surface area contributed by atoms with Gasteiger partial charge in [0.15, 0.2) is 9.84 Å². The molecule has 0 saturated heterocycles. The number of nitrogens with one attached hydrogen (secondary N) is 1. The minimum Gasteiger partial charge on any atom is -0.469 e. The Balaban J connectivity index is 2.21. The maximum atomic E-state index is 12.6. The van der Waals surface area contributed by atoms with E-state index in [0.29, 0.717) is 11.1 Å². The predicted octanol–water partition coefficient (Wildman–Crippen LogP) is 2.27. The third-order valence-electron chi connectivity index (χ3n) is 3.72. The van der Waals surface area contributed by atoms with E-state index < -0.39 is 27.8 Å². The topological polar surface area (TPSA) is 89.5 Å². The van der Waals surface area contributed by atoms with Crippen LogP contribution in [-0.2, 0) is 25.1 Å². The fourth-order valence-electron chi connectivity index (χ4n) is 2.53. The van der Waals surface area contributed by atoms with E-state index in [9.17, 15) is 18.0 Å². The van der Waals surface area contributed by atoms with Crippen LogP contribution in [0, 0.1) is 0 Å². The first kappa shape index (κ1) is 19.7. The molecule has 0 fully saturated rings. The summed E-state index contributed by atoms with van der Waals surface area (Å²) in [7, 11) is -1.91. The van der Waals surface area contributed by atoms with Gasteiger partial charge in [-0.05, 0) is 23.3 Å². The summed E-state index contributed by atoms with van der Waals surface area (Å²) in [4.78, 5) is 24.3. The summed E-state index contributed by atoms with van der Waals surface area (Å²) in [6.45, 7) is 0. The van der Waals surface area contributed by atoms with E-state index in [-0.39, 0.29) is 12.2 Å². The zero-order valence-corrected chi connectivity index (χ0v) is 15.5. The summed E-state index contributed by atoms with van der Waals surface area (Å²) in [6, 6.07) is 15.0. The molecule has 2 rings (SSSR count). The highest BCUT2D eigenvalue weighted by Gasteiger charge is 2.20. The van der Waals surface area contributed by atoms with Crippen molar-refractivity contribution in [3.05, 3.63) is 71.3 Å². The number of rotatable bonds is 7. The highest BCUT2D eigenvalue weighted by Crippen LogP contribution is 2.18. The van der Waals surface area contributed by atoms with Crippen LogP contribution in [0.5, 0.6) is 0 Å². The average Bonchev–Trinajstić information content (AvgIpc) is 2.60. The van der Waals surface area contributed by atoms with Gasteiger partial charge < -0.3 is 10.1 Å². The molecule has 138 valence electrons. The van der Waals surface area contributed by atoms with Gasteiger partial charge in [-0.25, -0.2) is 8.42 Å². The van der Waals surface area contributed by atoms with Gasteiger partial charge in [0.1, 0.15) is 0 Å². The average molecular weight is 375 g/mol. The quantitative estimate of drug-likeness (QED) is 0.750. The Hall–Kier alpha value is -2.67. The van der Waals surface area contributed by atoms with Crippen molar-refractivity contribution in [2.45, 2.75) is 18.2 Å². The fourth-order valence-corrected chi connectivity index (χ4v) is 3.32. The lowest BCUT2D eigenvalue weighted by Gasteiger charge is -2.18. The Bertz CT molecular complexity index is 878. The number of methoxy groups -OCH3 is 1. The molecule has 0 saturated carbocycles. The Morgan fingerprint density at radius 3 is 2.38 bits per heavy atom. The largest absolute Gasteiger partial charge is 0.469 e. The van der Waals surface area contributed by atoms with Crippen LogP contribution >= 0.6 is 0 Å². The summed E-state index contributed by atoms with van der Waals surface area (Å²) in [5, 5.41) is 2.82. The van der Waals surface area contributed by atoms with Gasteiger partial charge >= 0.3 is 5.97 Å². The molecule has 26 heavy (non-hydrogen) atoms. The smallest absolute Gasteiger partial charge is 0.307 e. The van der Waals surface area contributed by atoms with E-state index in [1.807, 2.05) is 30.3 Å². The van der Waals surface area contributed by atoms with Crippen LogP contribution in [0.15, 0.2) is 54.6 Å². The Morgan fingerprint density at radius 2 is 1.77 bits per heavy atom. The van der Waals surface area contributed by atoms with Gasteiger partial charge in [0, 0.05) is 11.8 Å². The lowest BCUT2D eigenvalue weighted by Crippen LogP contribution is -2.30. The van der Waals surface area contributed by atoms with E-state index in [1.165, 1.54) is 13.2 Å². The van der Waals surface area contributed by atoms with Gasteiger partial charge in [0.25, 0.3) is 5.91 Å². The molecule has 1 atom stereocenters. The lowest BCUT2D eigenvalue weighted by atomic mass is 10.0. The molecule has 1 amide bonds. The van der Waals surface area contributed by atoms with Crippen LogP contribution in [0.3, 0.4) is 0 Å². The van der Waals surface area contributed by atoms with Gasteiger partial charge in [0.2, 0.25) is 0 Å². The lowest BCUT2D eigenvalue weighted by molar-refractivity contribution is -0.141. The van der Waals surface area contributed by atoms with Crippen molar-refractivity contribution in [1.29, 1.82) is 0 Å². The van der Waals surface area contributed by atoms with E-state index in [4.69, 9.17) is 4.74 Å². The second-order valence-electron chi connectivity index (χ2n) is 5.99. The highest BCUT2D eigenvalue weighted by molar-refractivity contribution is 7.89. The van der Waals surface area contributed by atoms with Crippen molar-refractivity contribution in [3.8, 4) is 0 Å². The van der Waals surface area contributed by atoms with E-state index in [2.05, 4.69) is 5.32 Å². The third-order valence-corrected chi connectivity index (χ3v) is 4.58. The Labute approximate surface area is 153 Å². The number of sulfone groups is 1. The van der Waals surface area contributed by atoms with Crippen molar-refractivity contribution in [1.82, 2.24) is 5.32 Å². The number of hydrogen-bond donors (Lipinski definition) is 1. The minimum atomic E-state index is -3.20. The number of carbonyl (C=O) groups is 2. The van der Waals surface area contributed by atoms with E-state index in [0.717, 1.165) is 11.8 Å². The summed E-state index contributed by atoms with van der Waals surface area (Å²) in [5.41, 5.74) is 1.64. The number of benzene rings is 2. The first-order chi connectivity index (χ1) is 12.3.